The van der Waals surface area contributed by atoms with Gasteiger partial charge in [0.25, 0.3) is 11.8 Å². The highest BCUT2D eigenvalue weighted by atomic mass is 19.4. The molecule has 0 bridgehead atoms. The number of nitrogens with zero attached hydrogens (tertiary/aromatic N) is 2. The van der Waals surface area contributed by atoms with E-state index in [0.717, 1.165) is 17.0 Å². The topological polar surface area (TPSA) is 76.0 Å². The van der Waals surface area contributed by atoms with E-state index in [1.807, 2.05) is 41.8 Å². The smallest absolute Gasteiger partial charge is 0.343 e. The molecule has 2 amide bonds. The average molecular weight is 452 g/mol. The monoisotopic (exact) mass is 452 g/mol. The molecule has 0 aliphatic rings. The van der Waals surface area contributed by atoms with Gasteiger partial charge in [0.1, 0.15) is 12.4 Å². The van der Waals surface area contributed by atoms with Crippen LogP contribution in [0.4, 0.5) is 18.9 Å². The molecular weight excluding hydrogens is 433 g/mol. The number of para-hydroxylation sites is 1. The van der Waals surface area contributed by atoms with Gasteiger partial charge < -0.3 is 10.6 Å². The van der Waals surface area contributed by atoms with Gasteiger partial charge in [0, 0.05) is 22.5 Å². The molecule has 0 radical (unpaired) electrons. The van der Waals surface area contributed by atoms with Gasteiger partial charge in [-0.2, -0.15) is 13.2 Å². The number of anilines is 1. The zero-order valence-electron chi connectivity index (χ0n) is 17.5. The lowest BCUT2D eigenvalue weighted by atomic mass is 10.1. The predicted octanol–water partition coefficient (Wildman–Crippen LogP) is 4.88. The summed E-state index contributed by atoms with van der Waals surface area (Å²) in [7, 11) is 0. The molecule has 4 rings (SSSR count). The van der Waals surface area contributed by atoms with Crippen molar-refractivity contribution in [1.82, 2.24) is 14.9 Å². The molecule has 0 aliphatic carbocycles. The number of aryl methyl sites for hydroxylation is 1. The molecule has 0 spiro atoms. The van der Waals surface area contributed by atoms with Crippen LogP contribution >= 0.6 is 0 Å². The molecule has 2 N–H and O–H groups in total. The fourth-order valence-corrected chi connectivity index (χ4v) is 3.47. The minimum absolute atomic E-state index is 0.00438. The summed E-state index contributed by atoms with van der Waals surface area (Å²) in [6.45, 7) is 0.444. The number of imidazole rings is 1. The van der Waals surface area contributed by atoms with Crippen LogP contribution in [0.5, 0.6) is 0 Å². The van der Waals surface area contributed by atoms with E-state index in [0.29, 0.717) is 11.1 Å². The van der Waals surface area contributed by atoms with Crippen LogP contribution in [0.3, 0.4) is 0 Å². The first kappa shape index (κ1) is 22.1. The molecule has 9 heteroatoms. The Labute approximate surface area is 187 Å². The number of aromatic nitrogens is 2. The molecule has 0 fully saturated rings. The molecule has 1 heterocycles. The molecule has 0 aliphatic heterocycles. The van der Waals surface area contributed by atoms with Gasteiger partial charge in [-0.15, -0.1) is 0 Å². The molecule has 168 valence electrons. The Morgan fingerprint density at radius 1 is 0.909 bits per heavy atom. The van der Waals surface area contributed by atoms with Crippen LogP contribution < -0.4 is 10.6 Å². The summed E-state index contributed by atoms with van der Waals surface area (Å²) in [5, 5.41) is 4.47. The van der Waals surface area contributed by atoms with E-state index in [1.165, 1.54) is 18.2 Å². The van der Waals surface area contributed by atoms with Crippen LogP contribution in [-0.2, 0) is 0 Å². The highest BCUT2D eigenvalue weighted by molar-refractivity contribution is 6.06. The van der Waals surface area contributed by atoms with Gasteiger partial charge in [0.05, 0.1) is 11.0 Å². The van der Waals surface area contributed by atoms with Crippen molar-refractivity contribution in [3.63, 3.8) is 0 Å². The van der Waals surface area contributed by atoms with Crippen LogP contribution in [0.2, 0.25) is 0 Å². The zero-order valence-corrected chi connectivity index (χ0v) is 17.5. The first-order chi connectivity index (χ1) is 15.7. The maximum absolute atomic E-state index is 12.8. The number of hydrogen-bond acceptors (Lipinski definition) is 3. The van der Waals surface area contributed by atoms with Gasteiger partial charge in [-0.1, -0.05) is 24.3 Å². The van der Waals surface area contributed by atoms with Crippen LogP contribution in [0, 0.1) is 6.92 Å². The van der Waals surface area contributed by atoms with E-state index in [-0.39, 0.29) is 11.3 Å². The molecule has 1 aromatic heterocycles. The van der Waals surface area contributed by atoms with Crippen molar-refractivity contribution in [2.45, 2.75) is 13.1 Å². The highest BCUT2D eigenvalue weighted by Gasteiger charge is 2.28. The molecule has 33 heavy (non-hydrogen) atoms. The SMILES string of the molecule is Cc1nc2cc(C(=O)Nc3cccc(C(=O)NCC(F)(F)F)c3)ccc2n1-c1ccccc1. The Bertz CT molecular complexity index is 1330. The number of alkyl halides is 3. The second kappa shape index (κ2) is 8.78. The Hall–Kier alpha value is -4.14. The lowest BCUT2D eigenvalue weighted by molar-refractivity contribution is -0.123. The predicted molar refractivity (Wildman–Crippen MR) is 119 cm³/mol. The van der Waals surface area contributed by atoms with Gasteiger partial charge in [-0.05, 0) is 55.5 Å². The van der Waals surface area contributed by atoms with Gasteiger partial charge in [0.2, 0.25) is 0 Å². The van der Waals surface area contributed by atoms with Gasteiger partial charge in [0.15, 0.2) is 0 Å². The van der Waals surface area contributed by atoms with Crippen molar-refractivity contribution in [3.05, 3.63) is 89.7 Å². The normalized spacial score (nSPS) is 11.4. The standard InChI is InChI=1S/C24H19F3N4O2/c1-15-29-20-13-17(10-11-21(20)31(15)19-8-3-2-4-9-19)23(33)30-18-7-5-6-16(12-18)22(32)28-14-24(25,26)27/h2-13H,14H2,1H3,(H,28,32)(H,30,33). The molecule has 3 aromatic carbocycles. The van der Waals surface area contributed by atoms with E-state index in [4.69, 9.17) is 0 Å². The second-order valence-corrected chi connectivity index (χ2v) is 7.37. The molecule has 0 unspecified atom stereocenters. The molecule has 0 saturated carbocycles. The van der Waals surface area contributed by atoms with Gasteiger partial charge >= 0.3 is 6.18 Å². The van der Waals surface area contributed by atoms with E-state index in [2.05, 4.69) is 10.3 Å². The number of carbonyl (C=O) groups excluding carboxylic acids is 2. The summed E-state index contributed by atoms with van der Waals surface area (Å²) >= 11 is 0. The largest absolute Gasteiger partial charge is 0.405 e. The number of carbonyl (C=O) groups is 2. The quantitative estimate of drug-likeness (QED) is 0.453. The zero-order chi connectivity index (χ0) is 23.6. The second-order valence-electron chi connectivity index (χ2n) is 7.37. The molecule has 6 nitrogen and oxygen atoms in total. The van der Waals surface area contributed by atoms with Crippen molar-refractivity contribution in [2.24, 2.45) is 0 Å². The maximum atomic E-state index is 12.8. The average Bonchev–Trinajstić information content (AvgIpc) is 3.12. The van der Waals surface area contributed by atoms with Gasteiger partial charge in [-0.3, -0.25) is 14.2 Å². The number of rotatable bonds is 5. The summed E-state index contributed by atoms with van der Waals surface area (Å²) < 4.78 is 39.0. The summed E-state index contributed by atoms with van der Waals surface area (Å²) in [4.78, 5) is 29.3. The molecule has 4 aromatic rings. The third kappa shape index (κ3) is 5.03. The minimum atomic E-state index is -4.51. The number of amides is 2. The third-order valence-electron chi connectivity index (χ3n) is 4.93. The molecular formula is C24H19F3N4O2. The fourth-order valence-electron chi connectivity index (χ4n) is 3.47. The fraction of sp³-hybridized carbons (Fsp3) is 0.125. The van der Waals surface area contributed by atoms with Gasteiger partial charge in [-0.25, -0.2) is 4.98 Å². The summed E-state index contributed by atoms with van der Waals surface area (Å²) in [6.07, 6.45) is -4.51. The van der Waals surface area contributed by atoms with Crippen LogP contribution in [0.15, 0.2) is 72.8 Å². The number of fused-ring (bicyclic) bond motifs is 1. The van der Waals surface area contributed by atoms with Crippen LogP contribution in [-0.4, -0.2) is 34.1 Å². The van der Waals surface area contributed by atoms with E-state index < -0.39 is 24.5 Å². The Morgan fingerprint density at radius 2 is 1.64 bits per heavy atom. The first-order valence-corrected chi connectivity index (χ1v) is 10.0. The van der Waals surface area contributed by atoms with Crippen molar-refractivity contribution >= 4 is 28.5 Å². The number of hydrogen-bond donors (Lipinski definition) is 2. The summed E-state index contributed by atoms with van der Waals surface area (Å²) in [5.41, 5.74) is 3.08. The van der Waals surface area contributed by atoms with Crippen molar-refractivity contribution < 1.29 is 22.8 Å². The minimum Gasteiger partial charge on any atom is -0.343 e. The van der Waals surface area contributed by atoms with Crippen LogP contribution in [0.1, 0.15) is 26.5 Å². The highest BCUT2D eigenvalue weighted by Crippen LogP contribution is 2.23. The Morgan fingerprint density at radius 3 is 2.36 bits per heavy atom. The maximum Gasteiger partial charge on any atom is 0.405 e. The van der Waals surface area contributed by atoms with Crippen molar-refractivity contribution in [3.8, 4) is 5.69 Å². The molecule has 0 atom stereocenters. The van der Waals surface area contributed by atoms with Crippen molar-refractivity contribution in [1.29, 1.82) is 0 Å². The summed E-state index contributed by atoms with van der Waals surface area (Å²) in [5.74, 6) is -0.547. The van der Waals surface area contributed by atoms with E-state index in [9.17, 15) is 22.8 Å². The van der Waals surface area contributed by atoms with E-state index in [1.54, 1.807) is 29.6 Å². The number of benzene rings is 3. The summed E-state index contributed by atoms with van der Waals surface area (Å²) in [6, 6.07) is 20.6. The molecule has 0 saturated heterocycles. The van der Waals surface area contributed by atoms with Crippen LogP contribution in [0.25, 0.3) is 16.7 Å². The lowest BCUT2D eigenvalue weighted by Gasteiger charge is -2.10. The Balaban J connectivity index is 1.53. The number of nitrogens with one attached hydrogen (secondary N) is 2. The van der Waals surface area contributed by atoms with Crippen molar-refractivity contribution in [2.75, 3.05) is 11.9 Å². The first-order valence-electron chi connectivity index (χ1n) is 10.0. The number of halogens is 3. The Kier molecular flexibility index (Phi) is 5.87. The van der Waals surface area contributed by atoms with E-state index >= 15 is 0 Å². The third-order valence-corrected chi connectivity index (χ3v) is 4.93. The lowest BCUT2D eigenvalue weighted by Crippen LogP contribution is -2.33.